The molecule has 2 heterocycles. The summed E-state index contributed by atoms with van der Waals surface area (Å²) in [6.45, 7) is 3.43. The quantitative estimate of drug-likeness (QED) is 0.776. The smallest absolute Gasteiger partial charge is 0.227 e. The van der Waals surface area contributed by atoms with Crippen LogP contribution in [-0.2, 0) is 9.59 Å². The molecule has 1 saturated heterocycles. The van der Waals surface area contributed by atoms with Gasteiger partial charge in [-0.25, -0.2) is 4.98 Å². The van der Waals surface area contributed by atoms with E-state index in [1.165, 1.54) is 0 Å². The Hall–Kier alpha value is -2.96. The maximum Gasteiger partial charge on any atom is 0.227 e. The summed E-state index contributed by atoms with van der Waals surface area (Å²) < 4.78 is 0. The van der Waals surface area contributed by atoms with Crippen LogP contribution in [0.4, 0.5) is 11.5 Å². The molecule has 2 N–H and O–H groups in total. The molecule has 3 rings (SSSR count). The average molecular weight is 339 g/mol. The van der Waals surface area contributed by atoms with E-state index >= 15 is 0 Å². The molecule has 2 amide bonds. The van der Waals surface area contributed by atoms with E-state index in [0.717, 1.165) is 11.3 Å². The van der Waals surface area contributed by atoms with Crippen molar-refractivity contribution >= 4 is 23.3 Å². The normalized spacial score (nSPS) is 16.8. The third kappa shape index (κ3) is 4.32. The van der Waals surface area contributed by atoms with E-state index in [2.05, 4.69) is 20.6 Å². The summed E-state index contributed by atoms with van der Waals surface area (Å²) in [5, 5.41) is 5.94. The largest absolute Gasteiger partial charge is 0.367 e. The van der Waals surface area contributed by atoms with Gasteiger partial charge >= 0.3 is 0 Å². The summed E-state index contributed by atoms with van der Waals surface area (Å²) in [4.78, 5) is 34.2. The first-order valence-corrected chi connectivity index (χ1v) is 8.28. The van der Waals surface area contributed by atoms with Crippen molar-refractivity contribution < 1.29 is 9.59 Å². The molecular weight excluding hydrogens is 318 g/mol. The number of hydrogen-bond donors (Lipinski definition) is 2. The molecule has 25 heavy (non-hydrogen) atoms. The molecule has 1 aliphatic heterocycles. The SMILES string of the molecule is Cc1ccc(N2CC(C(=O)NCCNc3cnccn3)CC2=O)cc1. The van der Waals surface area contributed by atoms with Gasteiger partial charge in [-0.1, -0.05) is 17.7 Å². The number of anilines is 2. The van der Waals surface area contributed by atoms with Gasteiger partial charge in [-0.15, -0.1) is 0 Å². The highest BCUT2D eigenvalue weighted by atomic mass is 16.2. The second-order valence-corrected chi connectivity index (χ2v) is 6.05. The van der Waals surface area contributed by atoms with Crippen molar-refractivity contribution in [2.24, 2.45) is 5.92 Å². The standard InChI is InChI=1S/C18H21N5O2/c1-13-2-4-15(5-3-13)23-12-14(10-17(23)24)18(25)22-9-8-21-16-11-19-6-7-20-16/h2-7,11,14H,8-10,12H2,1H3,(H,20,21)(H,22,25). The maximum absolute atomic E-state index is 12.3. The Morgan fingerprint density at radius 1 is 1.24 bits per heavy atom. The first-order valence-electron chi connectivity index (χ1n) is 8.28. The van der Waals surface area contributed by atoms with Crippen molar-refractivity contribution in [1.82, 2.24) is 15.3 Å². The number of aryl methyl sites for hydroxylation is 1. The molecular formula is C18H21N5O2. The summed E-state index contributed by atoms with van der Waals surface area (Å²) in [5.41, 5.74) is 1.98. The summed E-state index contributed by atoms with van der Waals surface area (Å²) in [6, 6.07) is 7.76. The number of carbonyl (C=O) groups is 2. The van der Waals surface area contributed by atoms with Gasteiger partial charge in [0.2, 0.25) is 11.8 Å². The van der Waals surface area contributed by atoms with Crippen LogP contribution in [0.25, 0.3) is 0 Å². The lowest BCUT2D eigenvalue weighted by Crippen LogP contribution is -2.35. The molecule has 1 fully saturated rings. The van der Waals surface area contributed by atoms with Crippen molar-refractivity contribution in [3.63, 3.8) is 0 Å². The second-order valence-electron chi connectivity index (χ2n) is 6.05. The summed E-state index contributed by atoms with van der Waals surface area (Å²) in [7, 11) is 0. The molecule has 7 heteroatoms. The lowest BCUT2D eigenvalue weighted by Gasteiger charge is -2.17. The number of nitrogens with zero attached hydrogens (tertiary/aromatic N) is 3. The van der Waals surface area contributed by atoms with Crippen LogP contribution in [0.2, 0.25) is 0 Å². The van der Waals surface area contributed by atoms with Gasteiger partial charge in [0.1, 0.15) is 5.82 Å². The van der Waals surface area contributed by atoms with E-state index in [1.807, 2.05) is 31.2 Å². The lowest BCUT2D eigenvalue weighted by atomic mass is 10.1. The number of nitrogens with one attached hydrogen (secondary N) is 2. The third-order valence-electron chi connectivity index (χ3n) is 4.13. The van der Waals surface area contributed by atoms with Gasteiger partial charge in [-0.3, -0.25) is 14.6 Å². The van der Waals surface area contributed by atoms with Crippen LogP contribution in [0.3, 0.4) is 0 Å². The van der Waals surface area contributed by atoms with Crippen LogP contribution in [0.1, 0.15) is 12.0 Å². The average Bonchev–Trinajstić information content (AvgIpc) is 3.02. The highest BCUT2D eigenvalue weighted by Crippen LogP contribution is 2.25. The van der Waals surface area contributed by atoms with Crippen LogP contribution < -0.4 is 15.5 Å². The molecule has 0 aliphatic carbocycles. The Balaban J connectivity index is 1.46. The number of carbonyl (C=O) groups excluding carboxylic acids is 2. The summed E-state index contributed by atoms with van der Waals surface area (Å²) >= 11 is 0. The molecule has 1 unspecified atom stereocenters. The van der Waals surface area contributed by atoms with Crippen LogP contribution in [0.5, 0.6) is 0 Å². The highest BCUT2D eigenvalue weighted by Gasteiger charge is 2.34. The van der Waals surface area contributed by atoms with Crippen molar-refractivity contribution in [2.45, 2.75) is 13.3 Å². The van der Waals surface area contributed by atoms with E-state index in [-0.39, 0.29) is 24.2 Å². The molecule has 2 aromatic rings. The summed E-state index contributed by atoms with van der Waals surface area (Å²) in [5.74, 6) is 0.245. The Morgan fingerprint density at radius 3 is 2.76 bits per heavy atom. The van der Waals surface area contributed by atoms with Crippen LogP contribution in [0.15, 0.2) is 42.9 Å². The van der Waals surface area contributed by atoms with Gasteiger partial charge in [0.05, 0.1) is 12.1 Å². The van der Waals surface area contributed by atoms with E-state index in [0.29, 0.717) is 25.5 Å². The van der Waals surface area contributed by atoms with E-state index in [9.17, 15) is 9.59 Å². The molecule has 0 radical (unpaired) electrons. The molecule has 0 bridgehead atoms. The number of hydrogen-bond acceptors (Lipinski definition) is 5. The number of rotatable bonds is 6. The third-order valence-corrected chi connectivity index (χ3v) is 4.13. The molecule has 0 spiro atoms. The zero-order valence-corrected chi connectivity index (χ0v) is 14.1. The topological polar surface area (TPSA) is 87.2 Å². The zero-order valence-electron chi connectivity index (χ0n) is 14.1. The molecule has 1 atom stereocenters. The Bertz CT molecular complexity index is 733. The monoisotopic (exact) mass is 339 g/mol. The lowest BCUT2D eigenvalue weighted by molar-refractivity contribution is -0.126. The molecule has 7 nitrogen and oxygen atoms in total. The van der Waals surface area contributed by atoms with Crippen LogP contribution >= 0.6 is 0 Å². The van der Waals surface area contributed by atoms with E-state index in [1.54, 1.807) is 23.5 Å². The van der Waals surface area contributed by atoms with E-state index in [4.69, 9.17) is 0 Å². The minimum absolute atomic E-state index is 0.0123. The molecule has 1 aromatic heterocycles. The number of amides is 2. The fourth-order valence-corrected chi connectivity index (χ4v) is 2.77. The number of aromatic nitrogens is 2. The van der Waals surface area contributed by atoms with Crippen molar-refractivity contribution in [3.8, 4) is 0 Å². The predicted octanol–water partition coefficient (Wildman–Crippen LogP) is 1.37. The minimum Gasteiger partial charge on any atom is -0.367 e. The van der Waals surface area contributed by atoms with Gasteiger partial charge in [-0.05, 0) is 19.1 Å². The fraction of sp³-hybridized carbons (Fsp3) is 0.333. The fourth-order valence-electron chi connectivity index (χ4n) is 2.77. The molecule has 1 aliphatic rings. The van der Waals surface area contributed by atoms with Crippen LogP contribution in [-0.4, -0.2) is 41.4 Å². The van der Waals surface area contributed by atoms with Crippen LogP contribution in [0, 0.1) is 12.8 Å². The van der Waals surface area contributed by atoms with Crippen molar-refractivity contribution in [1.29, 1.82) is 0 Å². The Morgan fingerprint density at radius 2 is 2.04 bits per heavy atom. The Labute approximate surface area is 146 Å². The Kier molecular flexibility index (Phi) is 5.23. The highest BCUT2D eigenvalue weighted by molar-refractivity contribution is 6.00. The molecule has 0 saturated carbocycles. The number of benzene rings is 1. The van der Waals surface area contributed by atoms with E-state index < -0.39 is 0 Å². The second kappa shape index (κ2) is 7.74. The molecule has 1 aromatic carbocycles. The first kappa shape index (κ1) is 16.9. The predicted molar refractivity (Wildman–Crippen MR) is 95.2 cm³/mol. The van der Waals surface area contributed by atoms with Gasteiger partial charge < -0.3 is 15.5 Å². The first-order chi connectivity index (χ1) is 12.1. The van der Waals surface area contributed by atoms with Gasteiger partial charge in [0.25, 0.3) is 0 Å². The van der Waals surface area contributed by atoms with Crippen molar-refractivity contribution in [2.75, 3.05) is 29.9 Å². The maximum atomic E-state index is 12.3. The molecule has 130 valence electrons. The summed E-state index contributed by atoms with van der Waals surface area (Å²) in [6.07, 6.45) is 5.07. The van der Waals surface area contributed by atoms with Gasteiger partial charge in [0, 0.05) is 44.1 Å². The van der Waals surface area contributed by atoms with Gasteiger partial charge in [-0.2, -0.15) is 0 Å². The van der Waals surface area contributed by atoms with Gasteiger partial charge in [0.15, 0.2) is 0 Å². The van der Waals surface area contributed by atoms with Crippen molar-refractivity contribution in [3.05, 3.63) is 48.4 Å². The zero-order chi connectivity index (χ0) is 17.6. The minimum atomic E-state index is -0.315.